The average molecular weight is 269 g/mol. The highest BCUT2D eigenvalue weighted by atomic mass is 35.5. The van der Waals surface area contributed by atoms with Gasteiger partial charge in [0.1, 0.15) is 5.82 Å². The summed E-state index contributed by atoms with van der Waals surface area (Å²) in [5, 5.41) is 14.2. The largest absolute Gasteiger partial charge is 0.388 e. The average Bonchev–Trinajstić information content (AvgIpc) is 2.80. The number of rotatable bonds is 4. The maximum Gasteiger partial charge on any atom is 0.124 e. The molecule has 0 radical (unpaired) electrons. The van der Waals surface area contributed by atoms with Crippen LogP contribution < -0.4 is 0 Å². The minimum atomic E-state index is -0.498. The molecule has 0 bridgehead atoms. The van der Waals surface area contributed by atoms with Crippen LogP contribution in [0.4, 0.5) is 4.39 Å². The van der Waals surface area contributed by atoms with E-state index in [0.717, 1.165) is 11.1 Å². The van der Waals surface area contributed by atoms with Gasteiger partial charge in [-0.05, 0) is 24.1 Å². The maximum atomic E-state index is 12.9. The van der Waals surface area contributed by atoms with Gasteiger partial charge in [0.05, 0.1) is 18.8 Å². The molecule has 3 nitrogen and oxygen atoms in total. The molecule has 1 aromatic heterocycles. The van der Waals surface area contributed by atoms with Crippen molar-refractivity contribution in [1.82, 2.24) is 9.78 Å². The third-order valence-corrected chi connectivity index (χ3v) is 3.12. The number of hydrogen-bond donors (Lipinski definition) is 1. The standard InChI is InChI=1S/C13H14ClFN2O/c1-2-13(18)10-6-16-17(8-10)7-9-3-4-11(15)5-12(9)14/h3-6,8,13,18H,2,7H2,1H3. The topological polar surface area (TPSA) is 38.1 Å². The second-order valence-electron chi connectivity index (χ2n) is 4.13. The first-order valence-electron chi connectivity index (χ1n) is 5.74. The molecule has 0 fully saturated rings. The van der Waals surface area contributed by atoms with Gasteiger partial charge in [-0.1, -0.05) is 24.6 Å². The lowest BCUT2D eigenvalue weighted by Crippen LogP contribution is -2.01. The molecular weight excluding hydrogens is 255 g/mol. The molecule has 1 N–H and O–H groups in total. The Labute approximate surface area is 110 Å². The molecule has 0 aliphatic carbocycles. The molecule has 2 aromatic rings. The summed E-state index contributed by atoms with van der Waals surface area (Å²) in [7, 11) is 0. The van der Waals surface area contributed by atoms with Crippen LogP contribution in [0.1, 0.15) is 30.6 Å². The molecule has 5 heteroatoms. The monoisotopic (exact) mass is 268 g/mol. The number of benzene rings is 1. The summed E-state index contributed by atoms with van der Waals surface area (Å²) in [6.07, 6.45) is 3.55. The van der Waals surface area contributed by atoms with Crippen molar-refractivity contribution in [1.29, 1.82) is 0 Å². The first-order chi connectivity index (χ1) is 8.60. The summed E-state index contributed by atoms with van der Waals surface area (Å²) in [4.78, 5) is 0. The highest BCUT2D eigenvalue weighted by Crippen LogP contribution is 2.19. The van der Waals surface area contributed by atoms with Crippen LogP contribution in [0.25, 0.3) is 0 Å². The van der Waals surface area contributed by atoms with E-state index in [9.17, 15) is 9.50 Å². The van der Waals surface area contributed by atoms with E-state index in [-0.39, 0.29) is 5.82 Å². The predicted molar refractivity (Wildman–Crippen MR) is 68.0 cm³/mol. The Kier molecular flexibility index (Phi) is 3.99. The molecule has 2 rings (SSSR count). The zero-order valence-corrected chi connectivity index (χ0v) is 10.7. The van der Waals surface area contributed by atoms with Gasteiger partial charge in [-0.25, -0.2) is 4.39 Å². The van der Waals surface area contributed by atoms with E-state index in [0.29, 0.717) is 18.0 Å². The summed E-state index contributed by atoms with van der Waals surface area (Å²) in [5.74, 6) is -0.355. The summed E-state index contributed by atoms with van der Waals surface area (Å²) in [6, 6.07) is 4.28. The number of aromatic nitrogens is 2. The van der Waals surface area contributed by atoms with Gasteiger partial charge in [-0.3, -0.25) is 4.68 Å². The molecule has 1 unspecified atom stereocenters. The first-order valence-corrected chi connectivity index (χ1v) is 6.12. The van der Waals surface area contributed by atoms with Crippen molar-refractivity contribution in [2.45, 2.75) is 26.0 Å². The maximum absolute atomic E-state index is 12.9. The van der Waals surface area contributed by atoms with Gasteiger partial charge in [0.25, 0.3) is 0 Å². The Bertz CT molecular complexity index is 542. The highest BCUT2D eigenvalue weighted by molar-refractivity contribution is 6.31. The smallest absolute Gasteiger partial charge is 0.124 e. The lowest BCUT2D eigenvalue weighted by Gasteiger charge is -2.05. The summed E-state index contributed by atoms with van der Waals surface area (Å²) in [6.45, 7) is 2.36. The van der Waals surface area contributed by atoms with Crippen LogP contribution in [0.5, 0.6) is 0 Å². The van der Waals surface area contributed by atoms with Gasteiger partial charge >= 0.3 is 0 Å². The van der Waals surface area contributed by atoms with Crippen molar-refractivity contribution in [2.75, 3.05) is 0 Å². The van der Waals surface area contributed by atoms with E-state index < -0.39 is 6.10 Å². The Balaban J connectivity index is 2.16. The molecule has 1 heterocycles. The molecule has 0 saturated heterocycles. The minimum absolute atomic E-state index is 0.355. The molecule has 1 aromatic carbocycles. The van der Waals surface area contributed by atoms with Gasteiger partial charge in [-0.15, -0.1) is 0 Å². The van der Waals surface area contributed by atoms with Crippen molar-refractivity contribution in [3.05, 3.63) is 52.6 Å². The fraction of sp³-hybridized carbons (Fsp3) is 0.308. The molecule has 0 aliphatic heterocycles. The fourth-order valence-electron chi connectivity index (χ4n) is 1.70. The van der Waals surface area contributed by atoms with E-state index >= 15 is 0 Å². The van der Waals surface area contributed by atoms with Crippen molar-refractivity contribution < 1.29 is 9.50 Å². The fourth-order valence-corrected chi connectivity index (χ4v) is 1.93. The lowest BCUT2D eigenvalue weighted by atomic mass is 10.1. The van der Waals surface area contributed by atoms with E-state index in [1.54, 1.807) is 23.1 Å². The third kappa shape index (κ3) is 2.89. The van der Waals surface area contributed by atoms with Gasteiger partial charge < -0.3 is 5.11 Å². The number of hydrogen-bond acceptors (Lipinski definition) is 2. The lowest BCUT2D eigenvalue weighted by molar-refractivity contribution is 0.173. The van der Waals surface area contributed by atoms with Crippen LogP contribution in [0, 0.1) is 5.82 Å². The number of aliphatic hydroxyl groups excluding tert-OH is 1. The van der Waals surface area contributed by atoms with Crippen molar-refractivity contribution in [2.24, 2.45) is 0 Å². The summed E-state index contributed by atoms with van der Waals surface area (Å²) >= 11 is 5.95. The van der Waals surface area contributed by atoms with Gasteiger partial charge in [0, 0.05) is 16.8 Å². The van der Waals surface area contributed by atoms with E-state index in [2.05, 4.69) is 5.10 Å². The molecule has 18 heavy (non-hydrogen) atoms. The third-order valence-electron chi connectivity index (χ3n) is 2.77. The van der Waals surface area contributed by atoms with Gasteiger partial charge in [0.15, 0.2) is 0 Å². The minimum Gasteiger partial charge on any atom is -0.388 e. The van der Waals surface area contributed by atoms with Crippen LogP contribution in [-0.4, -0.2) is 14.9 Å². The second kappa shape index (κ2) is 5.50. The number of aliphatic hydroxyl groups is 1. The molecule has 0 saturated carbocycles. The van der Waals surface area contributed by atoms with Crippen LogP contribution in [0.3, 0.4) is 0 Å². The normalized spacial score (nSPS) is 12.7. The van der Waals surface area contributed by atoms with Gasteiger partial charge in [-0.2, -0.15) is 5.10 Å². The van der Waals surface area contributed by atoms with Gasteiger partial charge in [0.2, 0.25) is 0 Å². The number of nitrogens with zero attached hydrogens (tertiary/aromatic N) is 2. The van der Waals surface area contributed by atoms with Crippen molar-refractivity contribution in [3.8, 4) is 0 Å². The SMILES string of the molecule is CCC(O)c1cnn(Cc2ccc(F)cc2Cl)c1. The molecule has 0 aliphatic rings. The van der Waals surface area contributed by atoms with Crippen molar-refractivity contribution >= 4 is 11.6 Å². The Morgan fingerprint density at radius 3 is 2.94 bits per heavy atom. The van der Waals surface area contributed by atoms with E-state index in [4.69, 9.17) is 11.6 Å². The van der Waals surface area contributed by atoms with Crippen molar-refractivity contribution in [3.63, 3.8) is 0 Å². The zero-order valence-electron chi connectivity index (χ0n) is 9.98. The molecular formula is C13H14ClFN2O. The zero-order chi connectivity index (χ0) is 13.1. The summed E-state index contributed by atoms with van der Waals surface area (Å²) in [5.41, 5.74) is 1.56. The predicted octanol–water partition coefficient (Wildman–Crippen LogP) is 3.17. The molecule has 0 amide bonds. The van der Waals surface area contributed by atoms with E-state index in [1.807, 2.05) is 6.92 Å². The van der Waals surface area contributed by atoms with E-state index in [1.165, 1.54) is 12.1 Å². The van der Waals surface area contributed by atoms with Crippen LogP contribution in [0.15, 0.2) is 30.6 Å². The van der Waals surface area contributed by atoms with Crippen LogP contribution in [0.2, 0.25) is 5.02 Å². The molecule has 0 spiro atoms. The van der Waals surface area contributed by atoms with Crippen LogP contribution in [-0.2, 0) is 6.54 Å². The highest BCUT2D eigenvalue weighted by Gasteiger charge is 2.09. The molecule has 1 atom stereocenters. The molecule has 96 valence electrons. The Morgan fingerprint density at radius 2 is 2.28 bits per heavy atom. The second-order valence-corrected chi connectivity index (χ2v) is 4.54. The summed E-state index contributed by atoms with van der Waals surface area (Å²) < 4.78 is 14.6. The quantitative estimate of drug-likeness (QED) is 0.925. The first kappa shape index (κ1) is 13.1. The van der Waals surface area contributed by atoms with Crippen LogP contribution >= 0.6 is 11.6 Å². The Hall–Kier alpha value is -1.39. The Morgan fingerprint density at radius 1 is 1.50 bits per heavy atom. The number of halogens is 2.